The Hall–Kier alpha value is -1.37. The van der Waals surface area contributed by atoms with Gasteiger partial charge < -0.3 is 14.2 Å². The first-order chi connectivity index (χ1) is 10.7. The van der Waals surface area contributed by atoms with Crippen LogP contribution < -0.4 is 4.74 Å². The van der Waals surface area contributed by atoms with Crippen LogP contribution in [0.5, 0.6) is 5.75 Å². The minimum Gasteiger partial charge on any atom is -0.435 e. The first kappa shape index (κ1) is 17.0. The number of hydrogen-bond acceptors (Lipinski definition) is 4. The van der Waals surface area contributed by atoms with Crippen molar-refractivity contribution in [2.45, 2.75) is 18.2 Å². The smallest absolute Gasteiger partial charge is 0.387 e. The molecule has 0 atom stereocenters. The highest BCUT2D eigenvalue weighted by Gasteiger charge is 2.18. The molecular formula is C16H18F2O3S. The Morgan fingerprint density at radius 1 is 1.18 bits per heavy atom. The van der Waals surface area contributed by atoms with E-state index in [0.717, 1.165) is 5.56 Å². The topological polar surface area (TPSA) is 27.7 Å². The molecule has 0 radical (unpaired) electrons. The number of rotatable bonds is 6. The third kappa shape index (κ3) is 5.79. The molecule has 1 aliphatic heterocycles. The van der Waals surface area contributed by atoms with Gasteiger partial charge in [0.2, 0.25) is 0 Å². The second-order valence-electron chi connectivity index (χ2n) is 4.58. The summed E-state index contributed by atoms with van der Waals surface area (Å²) in [6.45, 7) is -1.43. The molecule has 1 aliphatic rings. The highest BCUT2D eigenvalue weighted by molar-refractivity contribution is 7.99. The van der Waals surface area contributed by atoms with Crippen LogP contribution in [0.3, 0.4) is 0 Å². The van der Waals surface area contributed by atoms with Crippen LogP contribution in [0.4, 0.5) is 8.78 Å². The van der Waals surface area contributed by atoms with Crippen molar-refractivity contribution in [3.8, 4) is 5.75 Å². The van der Waals surface area contributed by atoms with E-state index in [9.17, 15) is 8.78 Å². The normalized spacial score (nSPS) is 22.7. The van der Waals surface area contributed by atoms with Crippen LogP contribution in [-0.4, -0.2) is 37.6 Å². The third-order valence-electron chi connectivity index (χ3n) is 3.00. The Morgan fingerprint density at radius 3 is 2.45 bits per heavy atom. The molecule has 0 amide bonds. The SMILES string of the molecule is CSC1COC(/C=C/C=C/c2ccc(OC(F)F)cc2)OC1. The predicted octanol–water partition coefficient (Wildman–Crippen LogP) is 3.96. The molecular weight excluding hydrogens is 310 g/mol. The molecule has 22 heavy (non-hydrogen) atoms. The van der Waals surface area contributed by atoms with E-state index in [0.29, 0.717) is 18.5 Å². The fourth-order valence-electron chi connectivity index (χ4n) is 1.83. The summed E-state index contributed by atoms with van der Waals surface area (Å²) in [5.41, 5.74) is 0.888. The van der Waals surface area contributed by atoms with Crippen LogP contribution >= 0.6 is 11.8 Å². The van der Waals surface area contributed by atoms with E-state index < -0.39 is 6.61 Å². The van der Waals surface area contributed by atoms with Gasteiger partial charge in [-0.2, -0.15) is 20.5 Å². The number of thioether (sulfide) groups is 1. The van der Waals surface area contributed by atoms with Gasteiger partial charge >= 0.3 is 6.61 Å². The molecule has 0 spiro atoms. The summed E-state index contributed by atoms with van der Waals surface area (Å²) in [5.74, 6) is 0.148. The maximum absolute atomic E-state index is 12.0. The van der Waals surface area contributed by atoms with Crippen molar-refractivity contribution in [3.05, 3.63) is 48.1 Å². The van der Waals surface area contributed by atoms with E-state index >= 15 is 0 Å². The van der Waals surface area contributed by atoms with E-state index in [1.165, 1.54) is 12.1 Å². The second-order valence-corrected chi connectivity index (χ2v) is 5.72. The molecule has 0 bridgehead atoms. The van der Waals surface area contributed by atoms with Gasteiger partial charge in [0.15, 0.2) is 6.29 Å². The lowest BCUT2D eigenvalue weighted by atomic mass is 10.2. The Kier molecular flexibility index (Phi) is 6.89. The standard InChI is InChI=1S/C16H18F2O3S/c1-22-14-10-19-15(20-11-14)5-3-2-4-12-6-8-13(9-7-12)21-16(17)18/h2-9,14-16H,10-11H2,1H3/b4-2+,5-3+. The molecule has 120 valence electrons. The first-order valence-corrected chi connectivity index (χ1v) is 8.12. The highest BCUT2D eigenvalue weighted by Crippen LogP contribution is 2.17. The van der Waals surface area contributed by atoms with Crippen molar-refractivity contribution in [1.82, 2.24) is 0 Å². The molecule has 2 rings (SSSR count). The molecule has 1 aromatic rings. The second kappa shape index (κ2) is 8.92. The summed E-state index contributed by atoms with van der Waals surface area (Å²) in [6, 6.07) is 6.42. The van der Waals surface area contributed by atoms with Crippen molar-refractivity contribution in [3.63, 3.8) is 0 Å². The number of benzene rings is 1. The molecule has 6 heteroatoms. The van der Waals surface area contributed by atoms with Crippen LogP contribution in [0.2, 0.25) is 0 Å². The van der Waals surface area contributed by atoms with Gasteiger partial charge in [-0.1, -0.05) is 30.4 Å². The maximum atomic E-state index is 12.0. The van der Waals surface area contributed by atoms with E-state index in [-0.39, 0.29) is 12.0 Å². The van der Waals surface area contributed by atoms with Crippen molar-refractivity contribution in [1.29, 1.82) is 0 Å². The van der Waals surface area contributed by atoms with Crippen LogP contribution in [-0.2, 0) is 9.47 Å². The summed E-state index contributed by atoms with van der Waals surface area (Å²) in [7, 11) is 0. The number of halogens is 2. The zero-order valence-corrected chi connectivity index (χ0v) is 13.0. The van der Waals surface area contributed by atoms with Crippen molar-refractivity contribution in [2.75, 3.05) is 19.5 Å². The fraction of sp³-hybridized carbons (Fsp3) is 0.375. The average molecular weight is 328 g/mol. The van der Waals surface area contributed by atoms with Crippen molar-refractivity contribution < 1.29 is 23.0 Å². The lowest BCUT2D eigenvalue weighted by Crippen LogP contribution is -2.32. The molecule has 0 aliphatic carbocycles. The molecule has 0 aromatic heterocycles. The minimum atomic E-state index is -2.80. The summed E-state index contributed by atoms with van der Waals surface area (Å²) in [6.07, 6.45) is 9.10. The van der Waals surface area contributed by atoms with Crippen LogP contribution in [0.1, 0.15) is 5.56 Å². The van der Waals surface area contributed by atoms with Gasteiger partial charge in [-0.05, 0) is 30.0 Å². The van der Waals surface area contributed by atoms with Crippen molar-refractivity contribution in [2.24, 2.45) is 0 Å². The Bertz CT molecular complexity index is 495. The van der Waals surface area contributed by atoms with Gasteiger partial charge in [0.25, 0.3) is 0 Å². The Labute approximate surface area is 132 Å². The number of hydrogen-bond donors (Lipinski definition) is 0. The predicted molar refractivity (Wildman–Crippen MR) is 84.2 cm³/mol. The zero-order chi connectivity index (χ0) is 15.8. The van der Waals surface area contributed by atoms with E-state index in [1.54, 1.807) is 23.9 Å². The first-order valence-electron chi connectivity index (χ1n) is 6.83. The Balaban J connectivity index is 1.78. The van der Waals surface area contributed by atoms with Crippen LogP contribution in [0, 0.1) is 0 Å². The fourth-order valence-corrected chi connectivity index (χ4v) is 2.26. The summed E-state index contributed by atoms with van der Waals surface area (Å²) < 4.78 is 39.4. The Morgan fingerprint density at radius 2 is 1.86 bits per heavy atom. The van der Waals surface area contributed by atoms with E-state index in [2.05, 4.69) is 4.74 Å². The molecule has 1 fully saturated rings. The van der Waals surface area contributed by atoms with Gasteiger partial charge in [-0.25, -0.2) is 0 Å². The highest BCUT2D eigenvalue weighted by atomic mass is 32.2. The summed E-state index contributed by atoms with van der Waals surface area (Å²) >= 11 is 1.73. The van der Waals surface area contributed by atoms with Gasteiger partial charge in [0.1, 0.15) is 5.75 Å². The van der Waals surface area contributed by atoms with Gasteiger partial charge in [0, 0.05) is 0 Å². The number of allylic oxidation sites excluding steroid dienone is 2. The number of alkyl halides is 2. The van der Waals surface area contributed by atoms with Crippen molar-refractivity contribution >= 4 is 17.8 Å². The van der Waals surface area contributed by atoms with Gasteiger partial charge in [0.05, 0.1) is 18.5 Å². The monoisotopic (exact) mass is 328 g/mol. The van der Waals surface area contributed by atoms with E-state index in [1.807, 2.05) is 30.6 Å². The zero-order valence-electron chi connectivity index (χ0n) is 12.2. The third-order valence-corrected chi connectivity index (χ3v) is 3.94. The number of ether oxygens (including phenoxy) is 3. The van der Waals surface area contributed by atoms with Gasteiger partial charge in [-0.3, -0.25) is 0 Å². The molecule has 1 heterocycles. The lowest BCUT2D eigenvalue weighted by molar-refractivity contribution is -0.146. The lowest BCUT2D eigenvalue weighted by Gasteiger charge is -2.26. The molecule has 0 saturated carbocycles. The van der Waals surface area contributed by atoms with Crippen LogP contribution in [0.15, 0.2) is 42.5 Å². The molecule has 0 unspecified atom stereocenters. The molecule has 3 nitrogen and oxygen atoms in total. The average Bonchev–Trinajstić information content (AvgIpc) is 2.53. The van der Waals surface area contributed by atoms with E-state index in [4.69, 9.17) is 9.47 Å². The quantitative estimate of drug-likeness (QED) is 0.739. The summed E-state index contributed by atoms with van der Waals surface area (Å²) in [5, 5.41) is 0.397. The van der Waals surface area contributed by atoms with Gasteiger partial charge in [-0.15, -0.1) is 0 Å². The largest absolute Gasteiger partial charge is 0.435 e. The van der Waals surface area contributed by atoms with Crippen LogP contribution in [0.25, 0.3) is 6.08 Å². The molecule has 1 saturated heterocycles. The molecule has 0 N–H and O–H groups in total. The minimum absolute atomic E-state index is 0.148. The summed E-state index contributed by atoms with van der Waals surface area (Å²) in [4.78, 5) is 0. The molecule has 1 aromatic carbocycles. The maximum Gasteiger partial charge on any atom is 0.387 e.